The molecule has 0 aliphatic carbocycles. The maximum absolute atomic E-state index is 4.74. The Morgan fingerprint density at radius 1 is 0.895 bits per heavy atom. The molecule has 0 fully saturated rings. The number of aromatic nitrogens is 2. The zero-order valence-corrected chi connectivity index (χ0v) is 11.0. The summed E-state index contributed by atoms with van der Waals surface area (Å²) in [5.41, 5.74) is 3.40. The lowest BCUT2D eigenvalue weighted by atomic mass is 10.2. The topological polar surface area (TPSA) is 17.8 Å². The lowest BCUT2D eigenvalue weighted by molar-refractivity contribution is 1.06. The summed E-state index contributed by atoms with van der Waals surface area (Å²) in [7, 11) is 0. The molecule has 2 heteroatoms. The average Bonchev–Trinajstić information content (AvgIpc) is 2.93. The molecule has 0 spiro atoms. The molecule has 1 aromatic heterocycles. The fourth-order valence-electron chi connectivity index (χ4n) is 2.18. The summed E-state index contributed by atoms with van der Waals surface area (Å²) in [6.45, 7) is 2.13. The van der Waals surface area contributed by atoms with Crippen molar-refractivity contribution in [2.75, 3.05) is 0 Å². The van der Waals surface area contributed by atoms with Crippen LogP contribution in [0, 0.1) is 0 Å². The van der Waals surface area contributed by atoms with E-state index in [0.29, 0.717) is 0 Å². The first kappa shape index (κ1) is 11.7. The van der Waals surface area contributed by atoms with E-state index in [1.54, 1.807) is 0 Å². The van der Waals surface area contributed by atoms with Gasteiger partial charge in [-0.3, -0.25) is 4.57 Å². The van der Waals surface area contributed by atoms with Crippen LogP contribution >= 0.6 is 0 Å². The molecular weight excluding hydrogens is 232 g/mol. The van der Waals surface area contributed by atoms with E-state index in [0.717, 1.165) is 29.2 Å². The summed E-state index contributed by atoms with van der Waals surface area (Å²) in [5.74, 6) is 1.00. The van der Waals surface area contributed by atoms with E-state index < -0.39 is 0 Å². The van der Waals surface area contributed by atoms with Crippen molar-refractivity contribution < 1.29 is 0 Å². The van der Waals surface area contributed by atoms with E-state index in [9.17, 15) is 0 Å². The molecule has 19 heavy (non-hydrogen) atoms. The van der Waals surface area contributed by atoms with Gasteiger partial charge in [-0.25, -0.2) is 4.98 Å². The number of aryl methyl sites for hydroxylation is 1. The minimum Gasteiger partial charge on any atom is -0.300 e. The molecule has 0 unspecified atom stereocenters. The first-order valence-electron chi connectivity index (χ1n) is 6.57. The van der Waals surface area contributed by atoms with Gasteiger partial charge in [0.25, 0.3) is 0 Å². The smallest absolute Gasteiger partial charge is 0.144 e. The molecule has 2 aromatic carbocycles. The van der Waals surface area contributed by atoms with Crippen LogP contribution in [0.5, 0.6) is 0 Å². The molecule has 0 aliphatic rings. The summed E-state index contributed by atoms with van der Waals surface area (Å²) < 4.78 is 2.16. The fourth-order valence-corrected chi connectivity index (χ4v) is 2.18. The largest absolute Gasteiger partial charge is 0.300 e. The van der Waals surface area contributed by atoms with E-state index in [4.69, 9.17) is 4.98 Å². The number of para-hydroxylation sites is 1. The van der Waals surface area contributed by atoms with Gasteiger partial charge in [0.1, 0.15) is 5.82 Å². The molecule has 0 saturated heterocycles. The summed E-state index contributed by atoms with van der Waals surface area (Å²) in [5, 5.41) is 0. The van der Waals surface area contributed by atoms with Gasteiger partial charge < -0.3 is 0 Å². The standard InChI is InChI=1S/C17H16N2/c1-2-15-13-19(16-11-7-4-8-12-16)17(18-15)14-9-5-3-6-10-14/h3-13H,2H2,1H3. The van der Waals surface area contributed by atoms with Crippen molar-refractivity contribution in [3.63, 3.8) is 0 Å². The third kappa shape index (κ3) is 2.29. The van der Waals surface area contributed by atoms with Crippen LogP contribution < -0.4 is 0 Å². The third-order valence-corrected chi connectivity index (χ3v) is 3.18. The second-order valence-electron chi connectivity index (χ2n) is 4.48. The van der Waals surface area contributed by atoms with Crippen LogP contribution in [0.3, 0.4) is 0 Å². The van der Waals surface area contributed by atoms with E-state index in [1.165, 1.54) is 0 Å². The number of hydrogen-bond acceptors (Lipinski definition) is 1. The maximum atomic E-state index is 4.74. The number of nitrogens with zero attached hydrogens (tertiary/aromatic N) is 2. The Kier molecular flexibility index (Phi) is 3.15. The molecule has 1 heterocycles. The molecule has 0 atom stereocenters. The van der Waals surface area contributed by atoms with Crippen LogP contribution in [-0.4, -0.2) is 9.55 Å². The average molecular weight is 248 g/mol. The van der Waals surface area contributed by atoms with Crippen molar-refractivity contribution >= 4 is 0 Å². The van der Waals surface area contributed by atoms with Gasteiger partial charge in [0.2, 0.25) is 0 Å². The van der Waals surface area contributed by atoms with Crippen molar-refractivity contribution in [2.45, 2.75) is 13.3 Å². The highest BCUT2D eigenvalue weighted by atomic mass is 15.1. The highest BCUT2D eigenvalue weighted by Crippen LogP contribution is 2.22. The molecule has 3 aromatic rings. The third-order valence-electron chi connectivity index (χ3n) is 3.18. The van der Waals surface area contributed by atoms with Crippen molar-refractivity contribution in [3.8, 4) is 17.1 Å². The van der Waals surface area contributed by atoms with E-state index in [-0.39, 0.29) is 0 Å². The molecule has 94 valence electrons. The predicted molar refractivity (Wildman–Crippen MR) is 78.4 cm³/mol. The van der Waals surface area contributed by atoms with Gasteiger partial charge in [-0.2, -0.15) is 0 Å². The van der Waals surface area contributed by atoms with Crippen molar-refractivity contribution in [1.82, 2.24) is 9.55 Å². The Morgan fingerprint density at radius 3 is 2.16 bits per heavy atom. The first-order chi connectivity index (χ1) is 9.38. The monoisotopic (exact) mass is 248 g/mol. The molecule has 0 saturated carbocycles. The van der Waals surface area contributed by atoms with Gasteiger partial charge in [-0.1, -0.05) is 55.5 Å². The normalized spacial score (nSPS) is 10.6. The number of hydrogen-bond donors (Lipinski definition) is 0. The zero-order valence-electron chi connectivity index (χ0n) is 11.0. The van der Waals surface area contributed by atoms with E-state index >= 15 is 0 Å². The Bertz CT molecular complexity index is 597. The molecular formula is C17H16N2. The van der Waals surface area contributed by atoms with Crippen LogP contribution in [0.1, 0.15) is 12.6 Å². The molecule has 3 rings (SSSR count). The SMILES string of the molecule is CCc1cn(-c2ccccc2)c(-c2ccccc2)n1. The highest BCUT2D eigenvalue weighted by molar-refractivity contribution is 5.59. The van der Waals surface area contributed by atoms with Crippen molar-refractivity contribution in [1.29, 1.82) is 0 Å². The van der Waals surface area contributed by atoms with Crippen LogP contribution in [0.25, 0.3) is 17.1 Å². The summed E-state index contributed by atoms with van der Waals surface area (Å²) >= 11 is 0. The summed E-state index contributed by atoms with van der Waals surface area (Å²) in [6.07, 6.45) is 3.07. The molecule has 0 aliphatic heterocycles. The Balaban J connectivity index is 2.17. The lowest BCUT2D eigenvalue weighted by Gasteiger charge is -2.07. The Labute approximate surface area is 113 Å². The summed E-state index contributed by atoms with van der Waals surface area (Å²) in [4.78, 5) is 4.74. The van der Waals surface area contributed by atoms with Gasteiger partial charge in [-0.15, -0.1) is 0 Å². The zero-order chi connectivity index (χ0) is 13.1. The number of rotatable bonds is 3. The fraction of sp³-hybridized carbons (Fsp3) is 0.118. The highest BCUT2D eigenvalue weighted by Gasteiger charge is 2.10. The Morgan fingerprint density at radius 2 is 1.53 bits per heavy atom. The van der Waals surface area contributed by atoms with E-state index in [1.807, 2.05) is 24.3 Å². The molecule has 2 nitrogen and oxygen atoms in total. The predicted octanol–water partition coefficient (Wildman–Crippen LogP) is 4.10. The number of imidazole rings is 1. The van der Waals surface area contributed by atoms with Crippen molar-refractivity contribution in [3.05, 3.63) is 72.6 Å². The first-order valence-corrected chi connectivity index (χ1v) is 6.57. The van der Waals surface area contributed by atoms with Gasteiger partial charge >= 0.3 is 0 Å². The van der Waals surface area contributed by atoms with Crippen LogP contribution in [-0.2, 0) is 6.42 Å². The molecule has 0 bridgehead atoms. The van der Waals surface area contributed by atoms with Crippen LogP contribution in [0.4, 0.5) is 0 Å². The number of benzene rings is 2. The second kappa shape index (κ2) is 5.11. The minimum atomic E-state index is 0.944. The second-order valence-corrected chi connectivity index (χ2v) is 4.48. The summed E-state index contributed by atoms with van der Waals surface area (Å²) in [6, 6.07) is 20.7. The molecule has 0 amide bonds. The van der Waals surface area contributed by atoms with E-state index in [2.05, 4.69) is 54.1 Å². The van der Waals surface area contributed by atoms with Gasteiger partial charge in [0.15, 0.2) is 0 Å². The van der Waals surface area contributed by atoms with Gasteiger partial charge in [0.05, 0.1) is 5.69 Å². The van der Waals surface area contributed by atoms with Crippen LogP contribution in [0.2, 0.25) is 0 Å². The van der Waals surface area contributed by atoms with Crippen LogP contribution in [0.15, 0.2) is 66.9 Å². The maximum Gasteiger partial charge on any atom is 0.144 e. The quantitative estimate of drug-likeness (QED) is 0.682. The lowest BCUT2D eigenvalue weighted by Crippen LogP contribution is -1.95. The molecule has 0 radical (unpaired) electrons. The van der Waals surface area contributed by atoms with Crippen molar-refractivity contribution in [2.24, 2.45) is 0 Å². The van der Waals surface area contributed by atoms with Gasteiger partial charge in [-0.05, 0) is 18.6 Å². The minimum absolute atomic E-state index is 0.944. The van der Waals surface area contributed by atoms with Gasteiger partial charge in [0, 0.05) is 17.4 Å². The Hall–Kier alpha value is -2.35. The molecule has 0 N–H and O–H groups in total.